The number of benzene rings is 3. The lowest BCUT2D eigenvalue weighted by Crippen LogP contribution is -2.70. The maximum Gasteiger partial charge on any atom is 0.162 e. The second-order valence-electron chi connectivity index (χ2n) is 7.81. The van der Waals surface area contributed by atoms with Gasteiger partial charge in [-0.15, -0.1) is 0 Å². The maximum absolute atomic E-state index is 7.13. The summed E-state index contributed by atoms with van der Waals surface area (Å²) < 4.78 is -1.62. The first kappa shape index (κ1) is 20.9. The number of anilines is 1. The molecule has 0 heterocycles. The summed E-state index contributed by atoms with van der Waals surface area (Å²) in [5.41, 5.74) is 27.4. The minimum Gasteiger partial charge on any atom is -0.399 e. The minimum absolute atomic E-state index is 0.583. The molecular formula is C24H24Cl2N4. The van der Waals surface area contributed by atoms with Crippen molar-refractivity contribution in [2.24, 2.45) is 17.2 Å². The van der Waals surface area contributed by atoms with Crippen LogP contribution < -0.4 is 22.9 Å². The fourth-order valence-electron chi connectivity index (χ4n) is 4.25. The molecule has 6 heteroatoms. The first-order chi connectivity index (χ1) is 14.2. The second-order valence-corrected chi connectivity index (χ2v) is 9.20. The van der Waals surface area contributed by atoms with Gasteiger partial charge in [-0.1, -0.05) is 102 Å². The predicted octanol–water partition coefficient (Wildman–Crippen LogP) is 4.09. The number of alkyl halides is 2. The number of nitrogen functional groups attached to an aromatic ring is 1. The van der Waals surface area contributed by atoms with Crippen LogP contribution in [0.4, 0.5) is 5.69 Å². The van der Waals surface area contributed by atoms with Gasteiger partial charge in [-0.3, -0.25) is 0 Å². The third-order valence-corrected chi connectivity index (χ3v) is 6.91. The molecule has 154 valence electrons. The minimum atomic E-state index is -1.62. The molecule has 0 bridgehead atoms. The highest BCUT2D eigenvalue weighted by Gasteiger charge is 2.62. The lowest BCUT2D eigenvalue weighted by atomic mass is 9.63. The van der Waals surface area contributed by atoms with Crippen molar-refractivity contribution in [2.45, 2.75) is 21.5 Å². The number of nitrogens with two attached hydrogens (primary N) is 4. The number of hydrogen-bond donors (Lipinski definition) is 4. The third-order valence-electron chi connectivity index (χ3n) is 5.85. The Morgan fingerprint density at radius 2 is 1.23 bits per heavy atom. The molecule has 2 unspecified atom stereocenters. The van der Waals surface area contributed by atoms with Gasteiger partial charge in [0.25, 0.3) is 0 Å². The Bertz CT molecular complexity index is 1060. The van der Waals surface area contributed by atoms with Gasteiger partial charge in [-0.2, -0.15) is 0 Å². The van der Waals surface area contributed by atoms with E-state index in [4.69, 9.17) is 46.1 Å². The summed E-state index contributed by atoms with van der Waals surface area (Å²) in [6.45, 7) is 0. The summed E-state index contributed by atoms with van der Waals surface area (Å²) in [5.74, 6) is -0.624. The zero-order valence-corrected chi connectivity index (χ0v) is 17.8. The van der Waals surface area contributed by atoms with E-state index < -0.39 is 21.5 Å². The van der Waals surface area contributed by atoms with Crippen molar-refractivity contribution in [3.8, 4) is 0 Å². The molecule has 1 aliphatic carbocycles. The zero-order valence-electron chi connectivity index (χ0n) is 16.3. The van der Waals surface area contributed by atoms with Gasteiger partial charge in [0.1, 0.15) is 5.66 Å². The van der Waals surface area contributed by atoms with E-state index in [1.54, 1.807) is 12.1 Å². The number of halogens is 2. The number of hydrogen-bond acceptors (Lipinski definition) is 4. The summed E-state index contributed by atoms with van der Waals surface area (Å²) >= 11 is 14.1. The van der Waals surface area contributed by atoms with Crippen LogP contribution >= 0.6 is 23.2 Å². The summed E-state index contributed by atoms with van der Waals surface area (Å²) in [6, 6.07) is 26.5. The molecule has 2 atom stereocenters. The van der Waals surface area contributed by atoms with E-state index in [0.717, 1.165) is 16.7 Å². The molecule has 0 amide bonds. The van der Waals surface area contributed by atoms with Gasteiger partial charge >= 0.3 is 0 Å². The molecule has 3 aromatic rings. The van der Waals surface area contributed by atoms with E-state index in [1.165, 1.54) is 0 Å². The molecule has 3 aromatic carbocycles. The van der Waals surface area contributed by atoms with Gasteiger partial charge in [0.2, 0.25) is 0 Å². The van der Waals surface area contributed by atoms with Crippen molar-refractivity contribution in [1.29, 1.82) is 0 Å². The van der Waals surface area contributed by atoms with E-state index in [9.17, 15) is 0 Å². The molecule has 4 nitrogen and oxygen atoms in total. The van der Waals surface area contributed by atoms with Crippen molar-refractivity contribution in [3.05, 3.63) is 108 Å². The van der Waals surface area contributed by atoms with Crippen molar-refractivity contribution in [1.82, 2.24) is 0 Å². The second kappa shape index (κ2) is 7.41. The van der Waals surface area contributed by atoms with Crippen LogP contribution in [0.2, 0.25) is 0 Å². The Hall–Kier alpha value is -2.34. The Kier molecular flexibility index (Phi) is 5.17. The normalized spacial score (nSPS) is 24.8. The lowest BCUT2D eigenvalue weighted by Gasteiger charge is -2.54. The fraction of sp³-hybridized carbons (Fsp3) is 0.167. The van der Waals surface area contributed by atoms with Crippen LogP contribution in [-0.4, -0.2) is 10.00 Å². The summed E-state index contributed by atoms with van der Waals surface area (Å²) in [4.78, 5) is 0. The van der Waals surface area contributed by atoms with Crippen molar-refractivity contribution in [3.63, 3.8) is 0 Å². The molecule has 8 N–H and O–H groups in total. The third kappa shape index (κ3) is 3.22. The smallest absolute Gasteiger partial charge is 0.162 e. The van der Waals surface area contributed by atoms with Gasteiger partial charge in [0, 0.05) is 11.6 Å². The summed E-state index contributed by atoms with van der Waals surface area (Å²) in [7, 11) is 0. The van der Waals surface area contributed by atoms with Crippen LogP contribution in [0.1, 0.15) is 22.6 Å². The van der Waals surface area contributed by atoms with E-state index >= 15 is 0 Å². The zero-order chi connectivity index (χ0) is 21.6. The number of rotatable bonds is 3. The van der Waals surface area contributed by atoms with Gasteiger partial charge in [0.05, 0.1) is 5.54 Å². The van der Waals surface area contributed by atoms with Crippen molar-refractivity contribution < 1.29 is 0 Å². The highest BCUT2D eigenvalue weighted by atomic mass is 35.5. The molecule has 4 rings (SSSR count). The lowest BCUT2D eigenvalue weighted by molar-refractivity contribution is 0.310. The highest BCUT2D eigenvalue weighted by Crippen LogP contribution is 2.58. The first-order valence-corrected chi connectivity index (χ1v) is 10.4. The molecule has 0 fully saturated rings. The fourth-order valence-corrected chi connectivity index (χ4v) is 5.07. The van der Waals surface area contributed by atoms with Gasteiger partial charge in [-0.05, 0) is 34.4 Å². The molecule has 30 heavy (non-hydrogen) atoms. The van der Waals surface area contributed by atoms with E-state index in [0.29, 0.717) is 11.3 Å². The van der Waals surface area contributed by atoms with Crippen molar-refractivity contribution in [2.75, 3.05) is 5.73 Å². The van der Waals surface area contributed by atoms with Crippen molar-refractivity contribution >= 4 is 34.5 Å². The molecule has 0 spiro atoms. The molecule has 0 aliphatic heterocycles. The Morgan fingerprint density at radius 3 is 1.80 bits per heavy atom. The average Bonchev–Trinajstić information content (AvgIpc) is 2.73. The highest BCUT2D eigenvalue weighted by molar-refractivity contribution is 6.51. The van der Waals surface area contributed by atoms with Crippen LogP contribution in [0.3, 0.4) is 0 Å². The van der Waals surface area contributed by atoms with Crippen LogP contribution in [0.15, 0.2) is 91.0 Å². The predicted molar refractivity (Wildman–Crippen MR) is 126 cm³/mol. The van der Waals surface area contributed by atoms with E-state index in [2.05, 4.69) is 0 Å². The van der Waals surface area contributed by atoms with E-state index in [-0.39, 0.29) is 0 Å². The largest absolute Gasteiger partial charge is 0.399 e. The standard InChI is InChI=1S/C24H24Cl2N4/c25-23(26)21(17-9-5-2-6-10-17)22(28,18-11-13-19(27)14-12-18)15-20(24(23,29)30)16-7-3-1-4-8-16/h1-15,21H,27-30H2. The molecule has 0 saturated heterocycles. The summed E-state index contributed by atoms with van der Waals surface area (Å²) in [5, 5.41) is 0. The molecule has 1 aliphatic rings. The topological polar surface area (TPSA) is 104 Å². The monoisotopic (exact) mass is 438 g/mol. The van der Waals surface area contributed by atoms with Crippen LogP contribution in [-0.2, 0) is 5.54 Å². The first-order valence-electron chi connectivity index (χ1n) is 9.62. The van der Waals surface area contributed by atoms with Crippen LogP contribution in [0.5, 0.6) is 0 Å². The van der Waals surface area contributed by atoms with Crippen LogP contribution in [0.25, 0.3) is 5.57 Å². The average molecular weight is 439 g/mol. The van der Waals surface area contributed by atoms with Gasteiger partial charge < -0.3 is 22.9 Å². The molecular weight excluding hydrogens is 415 g/mol. The SMILES string of the molecule is Nc1ccc(C2(N)C=C(c3ccccc3)C(N)(N)C(Cl)(Cl)C2c2ccccc2)cc1. The Morgan fingerprint density at radius 1 is 0.700 bits per heavy atom. The van der Waals surface area contributed by atoms with Gasteiger partial charge in [0.15, 0.2) is 4.33 Å². The summed E-state index contributed by atoms with van der Waals surface area (Å²) in [6.07, 6.45) is 1.90. The Labute approximate surface area is 186 Å². The quantitative estimate of drug-likeness (QED) is 0.280. The Balaban J connectivity index is 2.04. The van der Waals surface area contributed by atoms with E-state index in [1.807, 2.05) is 78.9 Å². The van der Waals surface area contributed by atoms with Gasteiger partial charge in [-0.25, -0.2) is 0 Å². The molecule has 0 saturated carbocycles. The van der Waals surface area contributed by atoms with Crippen LogP contribution in [0, 0.1) is 0 Å². The molecule has 0 radical (unpaired) electrons. The molecule has 0 aromatic heterocycles. The maximum atomic E-state index is 7.13.